The molecule has 3 N–H and O–H groups in total. The molecule has 0 unspecified atom stereocenters. The molecule has 0 aliphatic rings. The highest BCUT2D eigenvalue weighted by atomic mass is 16.5. The summed E-state index contributed by atoms with van der Waals surface area (Å²) in [5.74, 6) is 0.572. The fraction of sp³-hybridized carbons (Fsp3) is 0.615. The lowest BCUT2D eigenvalue weighted by atomic mass is 10.1. The van der Waals surface area contributed by atoms with Crippen LogP contribution in [0.3, 0.4) is 0 Å². The van der Waals surface area contributed by atoms with E-state index in [1.165, 1.54) is 0 Å². The number of nitrogens with zero attached hydrogens (tertiary/aromatic N) is 4. The van der Waals surface area contributed by atoms with Gasteiger partial charge in [0.25, 0.3) is 0 Å². The van der Waals surface area contributed by atoms with Crippen LogP contribution in [0.4, 0.5) is 5.82 Å². The van der Waals surface area contributed by atoms with Gasteiger partial charge in [-0.3, -0.25) is 0 Å². The van der Waals surface area contributed by atoms with E-state index in [9.17, 15) is 0 Å². The number of methoxy groups -OCH3 is 2. The first-order valence-corrected chi connectivity index (χ1v) is 6.61. The molecule has 8 nitrogen and oxygen atoms in total. The van der Waals surface area contributed by atoms with Gasteiger partial charge in [0.2, 0.25) is 0 Å². The Morgan fingerprint density at radius 1 is 1.19 bits per heavy atom. The van der Waals surface area contributed by atoms with Crippen LogP contribution in [0.1, 0.15) is 16.8 Å². The highest BCUT2D eigenvalue weighted by Gasteiger charge is 2.20. The van der Waals surface area contributed by atoms with Gasteiger partial charge >= 0.3 is 0 Å². The number of rotatable bonds is 8. The molecule has 1 aromatic heterocycles. The maximum atomic E-state index is 9.01. The molecular formula is C13H23N5O3. The van der Waals surface area contributed by atoms with E-state index < -0.39 is 0 Å². The van der Waals surface area contributed by atoms with E-state index in [1.54, 1.807) is 14.2 Å². The number of oxime groups is 1. The number of hydrogen-bond donors (Lipinski definition) is 2. The van der Waals surface area contributed by atoms with Gasteiger partial charge in [-0.05, 0) is 19.4 Å². The molecule has 0 atom stereocenters. The van der Waals surface area contributed by atoms with Crippen molar-refractivity contribution in [1.29, 1.82) is 0 Å². The first kappa shape index (κ1) is 17.1. The number of nitrogens with two attached hydrogens (primary N) is 1. The zero-order valence-corrected chi connectivity index (χ0v) is 13.0. The molecule has 1 aromatic rings. The van der Waals surface area contributed by atoms with E-state index >= 15 is 0 Å². The topological polar surface area (TPSA) is 106 Å². The van der Waals surface area contributed by atoms with Gasteiger partial charge < -0.3 is 25.3 Å². The van der Waals surface area contributed by atoms with Crippen molar-refractivity contribution in [1.82, 2.24) is 10.2 Å². The highest BCUT2D eigenvalue weighted by molar-refractivity contribution is 6.02. The van der Waals surface area contributed by atoms with Crippen molar-refractivity contribution in [2.75, 3.05) is 45.4 Å². The zero-order valence-electron chi connectivity index (χ0n) is 13.0. The number of ether oxygens (including phenoxy) is 2. The number of amidine groups is 1. The molecule has 1 rings (SSSR count). The van der Waals surface area contributed by atoms with Gasteiger partial charge in [0.05, 0.1) is 24.5 Å². The Morgan fingerprint density at radius 2 is 1.76 bits per heavy atom. The van der Waals surface area contributed by atoms with E-state index in [2.05, 4.69) is 15.4 Å². The van der Waals surface area contributed by atoms with Crippen LogP contribution in [-0.4, -0.2) is 61.8 Å². The molecule has 0 bridgehead atoms. The van der Waals surface area contributed by atoms with Gasteiger partial charge in [0.1, 0.15) is 0 Å². The Morgan fingerprint density at radius 3 is 2.24 bits per heavy atom. The SMILES string of the molecule is COCCN(CCOC)c1nnc(C)c(C)c1C(N)=NO. The molecule has 21 heavy (non-hydrogen) atoms. The van der Waals surface area contributed by atoms with Gasteiger partial charge in [-0.25, -0.2) is 0 Å². The maximum Gasteiger partial charge on any atom is 0.174 e. The molecule has 1 heterocycles. The van der Waals surface area contributed by atoms with Gasteiger partial charge in [0, 0.05) is 27.3 Å². The van der Waals surface area contributed by atoms with Gasteiger partial charge in [-0.2, -0.15) is 5.10 Å². The standard InChI is InChI=1S/C13H23N5O3/c1-9-10(2)15-16-13(11(9)12(14)17-19)18(5-7-20-3)6-8-21-4/h19H,5-8H2,1-4H3,(H2,14,17). The summed E-state index contributed by atoms with van der Waals surface area (Å²) in [7, 11) is 3.26. The smallest absolute Gasteiger partial charge is 0.174 e. The van der Waals surface area contributed by atoms with Crippen LogP contribution < -0.4 is 10.6 Å². The molecule has 0 saturated heterocycles. The van der Waals surface area contributed by atoms with Crippen LogP contribution in [0.15, 0.2) is 5.16 Å². The lowest BCUT2D eigenvalue weighted by molar-refractivity contribution is 0.190. The maximum absolute atomic E-state index is 9.01. The Bertz CT molecular complexity index is 485. The molecule has 0 fully saturated rings. The minimum absolute atomic E-state index is 0.0142. The van der Waals surface area contributed by atoms with Crippen molar-refractivity contribution in [3.63, 3.8) is 0 Å². The third-order valence-electron chi connectivity index (χ3n) is 3.23. The predicted molar refractivity (Wildman–Crippen MR) is 80.0 cm³/mol. The largest absolute Gasteiger partial charge is 0.409 e. The second-order valence-corrected chi connectivity index (χ2v) is 4.57. The monoisotopic (exact) mass is 297 g/mol. The van der Waals surface area contributed by atoms with Gasteiger partial charge in [-0.15, -0.1) is 5.10 Å². The molecule has 0 aliphatic heterocycles. The summed E-state index contributed by atoms with van der Waals surface area (Å²) >= 11 is 0. The Balaban J connectivity index is 3.25. The van der Waals surface area contributed by atoms with E-state index in [-0.39, 0.29) is 5.84 Å². The summed E-state index contributed by atoms with van der Waals surface area (Å²) in [6.45, 7) is 5.94. The van der Waals surface area contributed by atoms with E-state index in [0.29, 0.717) is 37.7 Å². The van der Waals surface area contributed by atoms with E-state index in [4.69, 9.17) is 20.4 Å². The summed E-state index contributed by atoms with van der Waals surface area (Å²) in [4.78, 5) is 1.94. The van der Waals surface area contributed by atoms with Crippen molar-refractivity contribution < 1.29 is 14.7 Å². The van der Waals surface area contributed by atoms with Gasteiger partial charge in [-0.1, -0.05) is 5.16 Å². The summed E-state index contributed by atoms with van der Waals surface area (Å²) < 4.78 is 10.2. The normalized spacial score (nSPS) is 11.7. The lowest BCUT2D eigenvalue weighted by Gasteiger charge is -2.25. The van der Waals surface area contributed by atoms with E-state index in [0.717, 1.165) is 11.3 Å². The van der Waals surface area contributed by atoms with Crippen molar-refractivity contribution in [2.24, 2.45) is 10.9 Å². The minimum Gasteiger partial charge on any atom is -0.409 e. The summed E-state index contributed by atoms with van der Waals surface area (Å²) in [6.07, 6.45) is 0. The Hall–Kier alpha value is -1.93. The first-order valence-electron chi connectivity index (χ1n) is 6.61. The fourth-order valence-corrected chi connectivity index (χ4v) is 1.90. The first-order chi connectivity index (χ1) is 10.1. The Kier molecular flexibility index (Phi) is 6.83. The highest BCUT2D eigenvalue weighted by Crippen LogP contribution is 2.21. The molecule has 0 aliphatic carbocycles. The average molecular weight is 297 g/mol. The minimum atomic E-state index is 0.0142. The van der Waals surface area contributed by atoms with Crippen molar-refractivity contribution in [3.8, 4) is 0 Å². The van der Waals surface area contributed by atoms with Crippen molar-refractivity contribution in [3.05, 3.63) is 16.8 Å². The third kappa shape index (κ3) is 4.27. The molecule has 0 radical (unpaired) electrons. The van der Waals surface area contributed by atoms with E-state index in [1.807, 2.05) is 18.7 Å². The summed E-state index contributed by atoms with van der Waals surface area (Å²) in [5, 5.41) is 20.4. The van der Waals surface area contributed by atoms with Crippen molar-refractivity contribution >= 4 is 11.7 Å². The zero-order chi connectivity index (χ0) is 15.8. The van der Waals surface area contributed by atoms with Crippen molar-refractivity contribution in [2.45, 2.75) is 13.8 Å². The van der Waals surface area contributed by atoms with Gasteiger partial charge in [0.15, 0.2) is 11.7 Å². The molecule has 118 valence electrons. The Labute approximate surface area is 124 Å². The summed E-state index contributed by atoms with van der Waals surface area (Å²) in [5.41, 5.74) is 7.95. The molecule has 0 spiro atoms. The van der Waals surface area contributed by atoms with Crippen LogP contribution in [0.2, 0.25) is 0 Å². The van der Waals surface area contributed by atoms with Crippen LogP contribution >= 0.6 is 0 Å². The molecule has 0 aromatic carbocycles. The summed E-state index contributed by atoms with van der Waals surface area (Å²) in [6, 6.07) is 0. The quantitative estimate of drug-likeness (QED) is 0.307. The van der Waals surface area contributed by atoms with Crippen LogP contribution in [0, 0.1) is 13.8 Å². The van der Waals surface area contributed by atoms with Crippen LogP contribution in [0.25, 0.3) is 0 Å². The number of aromatic nitrogens is 2. The third-order valence-corrected chi connectivity index (χ3v) is 3.23. The number of anilines is 1. The lowest BCUT2D eigenvalue weighted by Crippen LogP contribution is -2.34. The molecule has 0 saturated carbocycles. The average Bonchev–Trinajstić information content (AvgIpc) is 2.49. The second-order valence-electron chi connectivity index (χ2n) is 4.57. The molecule has 8 heteroatoms. The van der Waals surface area contributed by atoms with Crippen LogP contribution in [0.5, 0.6) is 0 Å². The molecule has 0 amide bonds. The number of hydrogen-bond acceptors (Lipinski definition) is 7. The fourth-order valence-electron chi connectivity index (χ4n) is 1.90. The van der Waals surface area contributed by atoms with Crippen LogP contribution in [-0.2, 0) is 9.47 Å². The second kappa shape index (κ2) is 8.38. The molecular weight excluding hydrogens is 274 g/mol. The predicted octanol–water partition coefficient (Wildman–Crippen LogP) is 0.287. The number of aryl methyl sites for hydroxylation is 1.